The second kappa shape index (κ2) is 7.41. The van der Waals surface area contributed by atoms with Crippen LogP contribution in [0, 0.1) is 0 Å². The molecule has 24 heavy (non-hydrogen) atoms. The Morgan fingerprint density at radius 1 is 1.25 bits per heavy atom. The molecule has 0 aliphatic heterocycles. The highest BCUT2D eigenvalue weighted by Crippen LogP contribution is 2.26. The molecule has 3 aromatic rings. The van der Waals surface area contributed by atoms with Crippen molar-refractivity contribution in [1.29, 1.82) is 0 Å². The zero-order valence-corrected chi connectivity index (χ0v) is 14.6. The van der Waals surface area contributed by atoms with Gasteiger partial charge in [0.15, 0.2) is 11.7 Å². The van der Waals surface area contributed by atoms with E-state index in [9.17, 15) is 9.59 Å². The highest BCUT2D eigenvalue weighted by atomic mass is 79.9. The van der Waals surface area contributed by atoms with Gasteiger partial charge in [0.2, 0.25) is 5.76 Å². The van der Waals surface area contributed by atoms with Crippen molar-refractivity contribution >= 4 is 44.3 Å². The molecule has 8 heteroatoms. The summed E-state index contributed by atoms with van der Waals surface area (Å²) in [4.78, 5) is 27.7. The summed E-state index contributed by atoms with van der Waals surface area (Å²) in [5.41, 5.74) is 1.70. The fraction of sp³-hybridized carbons (Fsp3) is 0.0625. The van der Waals surface area contributed by atoms with Gasteiger partial charge in [-0.25, -0.2) is 9.78 Å². The maximum Gasteiger partial charge on any atom is 0.374 e. The van der Waals surface area contributed by atoms with E-state index in [0.717, 1.165) is 15.7 Å². The second-order valence-corrected chi connectivity index (χ2v) is 6.42. The quantitative estimate of drug-likeness (QED) is 0.648. The Labute approximate surface area is 149 Å². The first kappa shape index (κ1) is 16.4. The molecule has 0 atom stereocenters. The number of furan rings is 1. The predicted octanol–water partition coefficient (Wildman–Crippen LogP) is 3.96. The van der Waals surface area contributed by atoms with Gasteiger partial charge < -0.3 is 9.15 Å². The van der Waals surface area contributed by atoms with Crippen LogP contribution in [0.4, 0.5) is 5.13 Å². The van der Waals surface area contributed by atoms with Gasteiger partial charge in [-0.05, 0) is 24.3 Å². The Hall–Kier alpha value is -2.45. The molecule has 0 bridgehead atoms. The van der Waals surface area contributed by atoms with E-state index in [1.807, 2.05) is 29.6 Å². The molecule has 0 aliphatic carbocycles. The van der Waals surface area contributed by atoms with E-state index in [4.69, 9.17) is 9.15 Å². The van der Waals surface area contributed by atoms with Crippen molar-refractivity contribution in [3.63, 3.8) is 0 Å². The number of nitrogens with one attached hydrogen (secondary N) is 1. The van der Waals surface area contributed by atoms with Crippen LogP contribution in [0.15, 0.2) is 56.9 Å². The number of ether oxygens (including phenoxy) is 1. The summed E-state index contributed by atoms with van der Waals surface area (Å²) >= 11 is 4.67. The monoisotopic (exact) mass is 406 g/mol. The third-order valence-electron chi connectivity index (χ3n) is 2.95. The third-order valence-corrected chi connectivity index (χ3v) is 4.23. The molecule has 2 aromatic heterocycles. The van der Waals surface area contributed by atoms with Gasteiger partial charge in [0.05, 0.1) is 12.0 Å². The van der Waals surface area contributed by atoms with Crippen LogP contribution in [0.3, 0.4) is 0 Å². The van der Waals surface area contributed by atoms with Crippen LogP contribution >= 0.6 is 27.3 Å². The van der Waals surface area contributed by atoms with E-state index in [-0.39, 0.29) is 5.76 Å². The SMILES string of the molecule is O=C(COC(=O)c1ccco1)Nc1nc(-c2ccc(Br)cc2)cs1. The van der Waals surface area contributed by atoms with Gasteiger partial charge in [0, 0.05) is 15.4 Å². The van der Waals surface area contributed by atoms with Gasteiger partial charge in [0.1, 0.15) is 0 Å². The maximum atomic E-state index is 11.8. The smallest absolute Gasteiger partial charge is 0.374 e. The van der Waals surface area contributed by atoms with E-state index in [2.05, 4.69) is 26.2 Å². The van der Waals surface area contributed by atoms with Crippen LogP contribution in [0.1, 0.15) is 10.6 Å². The number of amides is 1. The van der Waals surface area contributed by atoms with Crippen molar-refractivity contribution in [1.82, 2.24) is 4.98 Å². The predicted molar refractivity (Wildman–Crippen MR) is 92.9 cm³/mol. The molecular weight excluding hydrogens is 396 g/mol. The molecule has 1 N–H and O–H groups in total. The Morgan fingerprint density at radius 2 is 2.04 bits per heavy atom. The highest BCUT2D eigenvalue weighted by molar-refractivity contribution is 9.10. The Kier molecular flexibility index (Phi) is 5.07. The zero-order valence-electron chi connectivity index (χ0n) is 12.2. The number of halogens is 1. The summed E-state index contributed by atoms with van der Waals surface area (Å²) in [6.45, 7) is -0.410. The van der Waals surface area contributed by atoms with Gasteiger partial charge in [-0.2, -0.15) is 0 Å². The average molecular weight is 407 g/mol. The standard InChI is InChI=1S/C16H11BrN2O4S/c17-11-5-3-10(4-6-11)12-9-24-16(18-12)19-14(20)8-23-15(21)13-2-1-7-22-13/h1-7,9H,8H2,(H,18,19,20). The molecule has 122 valence electrons. The van der Waals surface area contributed by atoms with Crippen molar-refractivity contribution < 1.29 is 18.7 Å². The summed E-state index contributed by atoms with van der Waals surface area (Å²) in [6.07, 6.45) is 1.36. The maximum absolute atomic E-state index is 11.8. The lowest BCUT2D eigenvalue weighted by molar-refractivity contribution is -0.119. The molecular formula is C16H11BrN2O4S. The number of rotatable bonds is 5. The summed E-state index contributed by atoms with van der Waals surface area (Å²) in [5.74, 6) is -1.11. The molecule has 0 radical (unpaired) electrons. The summed E-state index contributed by atoms with van der Waals surface area (Å²) in [7, 11) is 0. The van der Waals surface area contributed by atoms with Crippen LogP contribution < -0.4 is 5.32 Å². The molecule has 0 saturated carbocycles. The molecule has 1 amide bonds. The highest BCUT2D eigenvalue weighted by Gasteiger charge is 2.13. The average Bonchev–Trinajstić information content (AvgIpc) is 3.25. The number of carbonyl (C=O) groups is 2. The number of benzene rings is 1. The molecule has 0 aliphatic rings. The van der Waals surface area contributed by atoms with Crippen LogP contribution in [-0.4, -0.2) is 23.5 Å². The number of aromatic nitrogens is 1. The Balaban J connectivity index is 1.55. The molecule has 3 rings (SSSR count). The number of esters is 1. The van der Waals surface area contributed by atoms with Crippen LogP contribution in [0.25, 0.3) is 11.3 Å². The molecule has 0 saturated heterocycles. The largest absolute Gasteiger partial charge is 0.457 e. The van der Waals surface area contributed by atoms with E-state index < -0.39 is 18.5 Å². The van der Waals surface area contributed by atoms with Crippen LogP contribution in [0.5, 0.6) is 0 Å². The van der Waals surface area contributed by atoms with Crippen molar-refractivity contribution in [2.75, 3.05) is 11.9 Å². The molecule has 6 nitrogen and oxygen atoms in total. The topological polar surface area (TPSA) is 81.4 Å². The van der Waals surface area contributed by atoms with Gasteiger partial charge in [-0.1, -0.05) is 28.1 Å². The minimum atomic E-state index is -0.690. The lowest BCUT2D eigenvalue weighted by Crippen LogP contribution is -2.20. The number of nitrogens with zero attached hydrogens (tertiary/aromatic N) is 1. The van der Waals surface area contributed by atoms with Crippen molar-refractivity contribution in [3.8, 4) is 11.3 Å². The zero-order chi connectivity index (χ0) is 16.9. The molecule has 0 unspecified atom stereocenters. The molecule has 0 spiro atoms. The third kappa shape index (κ3) is 4.09. The number of thiazole rings is 1. The summed E-state index contributed by atoms with van der Waals surface area (Å²) in [5, 5.41) is 4.87. The summed E-state index contributed by atoms with van der Waals surface area (Å²) < 4.78 is 10.7. The Morgan fingerprint density at radius 3 is 2.75 bits per heavy atom. The van der Waals surface area contributed by atoms with Gasteiger partial charge in [-0.3, -0.25) is 10.1 Å². The number of carbonyl (C=O) groups excluding carboxylic acids is 2. The van der Waals surface area contributed by atoms with Gasteiger partial charge in [0.25, 0.3) is 5.91 Å². The number of anilines is 1. The molecule has 0 fully saturated rings. The minimum absolute atomic E-state index is 0.0505. The molecule has 2 heterocycles. The van der Waals surface area contributed by atoms with E-state index in [0.29, 0.717) is 5.13 Å². The van der Waals surface area contributed by atoms with Crippen molar-refractivity contribution in [3.05, 3.63) is 58.3 Å². The van der Waals surface area contributed by atoms with Crippen LogP contribution in [-0.2, 0) is 9.53 Å². The van der Waals surface area contributed by atoms with E-state index in [1.165, 1.54) is 23.7 Å². The first-order valence-electron chi connectivity index (χ1n) is 6.84. The van der Waals surface area contributed by atoms with Crippen molar-refractivity contribution in [2.24, 2.45) is 0 Å². The first-order valence-corrected chi connectivity index (χ1v) is 8.51. The fourth-order valence-electron chi connectivity index (χ4n) is 1.84. The van der Waals surface area contributed by atoms with Crippen molar-refractivity contribution in [2.45, 2.75) is 0 Å². The Bertz CT molecular complexity index is 843. The van der Waals surface area contributed by atoms with Crippen LogP contribution in [0.2, 0.25) is 0 Å². The number of hydrogen-bond donors (Lipinski definition) is 1. The fourth-order valence-corrected chi connectivity index (χ4v) is 2.84. The van der Waals surface area contributed by atoms with Gasteiger partial charge in [-0.15, -0.1) is 11.3 Å². The number of hydrogen-bond acceptors (Lipinski definition) is 6. The summed E-state index contributed by atoms with van der Waals surface area (Å²) in [6, 6.07) is 10.7. The lowest BCUT2D eigenvalue weighted by Gasteiger charge is -2.02. The minimum Gasteiger partial charge on any atom is -0.457 e. The lowest BCUT2D eigenvalue weighted by atomic mass is 10.2. The van der Waals surface area contributed by atoms with Gasteiger partial charge >= 0.3 is 5.97 Å². The normalized spacial score (nSPS) is 10.4. The first-order chi connectivity index (χ1) is 11.6. The van der Waals surface area contributed by atoms with E-state index >= 15 is 0 Å². The second-order valence-electron chi connectivity index (χ2n) is 4.65. The molecule has 1 aromatic carbocycles. The van der Waals surface area contributed by atoms with E-state index in [1.54, 1.807) is 6.07 Å².